The number of likely N-dealkylation sites (N-methyl/N-ethyl adjacent to an activating group) is 1. The molecule has 0 unspecified atom stereocenters. The Labute approximate surface area is 260 Å². The van der Waals surface area contributed by atoms with Gasteiger partial charge in [0, 0.05) is 73.8 Å². The Kier molecular flexibility index (Phi) is 11.4. The van der Waals surface area contributed by atoms with Crippen LogP contribution in [0.2, 0.25) is 0 Å². The zero-order chi connectivity index (χ0) is 30.8. The number of aromatic nitrogens is 3. The number of carbonyl (C=O) groups is 2. The van der Waals surface area contributed by atoms with Crippen molar-refractivity contribution in [1.82, 2.24) is 24.8 Å². The van der Waals surface area contributed by atoms with Gasteiger partial charge in [0.25, 0.3) is 5.91 Å². The topological polar surface area (TPSA) is 126 Å². The number of anilines is 3. The van der Waals surface area contributed by atoms with Crippen LogP contribution in [0, 0.1) is 6.92 Å². The second-order valence-electron chi connectivity index (χ2n) is 10.0. The summed E-state index contributed by atoms with van der Waals surface area (Å²) in [6.45, 7) is 7.24. The smallest absolute Gasteiger partial charge is 0.255 e. The SMILES string of the molecule is Cc1ccc(NC(=O)c2ccc(CN3CCN(C)CC3)cc2)cc1Nc1nccc(-c2cccnc2)n1.O=C([O-])C(Cl)Cl. The van der Waals surface area contributed by atoms with Gasteiger partial charge in [0.2, 0.25) is 5.95 Å². The van der Waals surface area contributed by atoms with Crippen LogP contribution >= 0.6 is 23.2 Å². The van der Waals surface area contributed by atoms with Gasteiger partial charge >= 0.3 is 0 Å². The van der Waals surface area contributed by atoms with Crippen molar-refractivity contribution in [2.45, 2.75) is 18.3 Å². The molecule has 4 aromatic rings. The molecule has 0 aliphatic carbocycles. The molecule has 1 saturated heterocycles. The Hall–Kier alpha value is -4.09. The van der Waals surface area contributed by atoms with E-state index in [1.54, 1.807) is 18.6 Å². The largest absolute Gasteiger partial charge is 0.547 e. The summed E-state index contributed by atoms with van der Waals surface area (Å²) in [4.78, 5) is 38.8. The van der Waals surface area contributed by atoms with Gasteiger partial charge in [-0.3, -0.25) is 14.7 Å². The van der Waals surface area contributed by atoms with Gasteiger partial charge in [0.15, 0.2) is 0 Å². The summed E-state index contributed by atoms with van der Waals surface area (Å²) in [5.74, 6) is -1.13. The average molecular weight is 622 g/mol. The van der Waals surface area contributed by atoms with E-state index in [1.165, 1.54) is 5.56 Å². The molecule has 0 spiro atoms. The van der Waals surface area contributed by atoms with Crippen LogP contribution < -0.4 is 15.7 Å². The standard InChI is InChI=1S/C29H31N7O.C2H2Cl2O2/c1-21-5-10-25(18-27(21)34-29-31-13-11-26(33-29)24-4-3-12-30-19-24)32-28(37)23-8-6-22(7-9-23)20-36-16-14-35(2)15-17-36;3-1(4)2(5)6/h3-13,18-19H,14-17,20H2,1-2H3,(H,32,37)(H,31,33,34);1H,(H,5,6)/p-1. The molecule has 0 saturated carbocycles. The van der Waals surface area contributed by atoms with Gasteiger partial charge in [-0.25, -0.2) is 9.97 Å². The molecule has 1 aliphatic heterocycles. The number of carbonyl (C=O) groups excluding carboxylic acids is 2. The number of pyridine rings is 1. The molecule has 3 heterocycles. The third-order valence-electron chi connectivity index (χ3n) is 6.75. The Morgan fingerprint density at radius 1 is 1.00 bits per heavy atom. The van der Waals surface area contributed by atoms with Gasteiger partial charge in [-0.05, 0) is 67.6 Å². The molecular formula is C31H32Cl2N7O3-. The molecule has 2 N–H and O–H groups in total. The third kappa shape index (κ3) is 9.72. The lowest BCUT2D eigenvalue weighted by molar-refractivity contribution is -0.303. The minimum Gasteiger partial charge on any atom is -0.547 e. The first-order valence-corrected chi connectivity index (χ1v) is 14.5. The van der Waals surface area contributed by atoms with E-state index in [-0.39, 0.29) is 5.91 Å². The number of aryl methyl sites for hydroxylation is 1. The van der Waals surface area contributed by atoms with E-state index < -0.39 is 10.8 Å². The fraction of sp³-hybridized carbons (Fsp3) is 0.258. The number of carboxylic acids is 1. The first kappa shape index (κ1) is 31.8. The molecule has 1 fully saturated rings. The predicted molar refractivity (Wildman–Crippen MR) is 167 cm³/mol. The Balaban J connectivity index is 0.000000641. The number of carboxylic acid groups (broad SMARTS) is 1. The van der Waals surface area contributed by atoms with Crippen molar-refractivity contribution in [2.24, 2.45) is 0 Å². The maximum absolute atomic E-state index is 12.9. The minimum absolute atomic E-state index is 0.143. The van der Waals surface area contributed by atoms with Gasteiger partial charge in [-0.2, -0.15) is 0 Å². The van der Waals surface area contributed by atoms with E-state index in [0.717, 1.165) is 55.2 Å². The number of aliphatic carboxylic acids is 1. The lowest BCUT2D eigenvalue weighted by atomic mass is 10.1. The van der Waals surface area contributed by atoms with E-state index in [2.05, 4.69) is 42.4 Å². The molecule has 43 heavy (non-hydrogen) atoms. The molecule has 0 bridgehead atoms. The number of alkyl halides is 2. The first-order valence-electron chi connectivity index (χ1n) is 13.6. The van der Waals surface area contributed by atoms with E-state index in [4.69, 9.17) is 23.2 Å². The normalized spacial score (nSPS) is 13.6. The van der Waals surface area contributed by atoms with Gasteiger partial charge in [0.1, 0.15) is 4.84 Å². The summed E-state index contributed by atoms with van der Waals surface area (Å²) in [6, 6.07) is 19.3. The summed E-state index contributed by atoms with van der Waals surface area (Å²) in [5.41, 5.74) is 6.08. The quantitative estimate of drug-likeness (QED) is 0.279. The number of benzene rings is 2. The molecular weight excluding hydrogens is 589 g/mol. The maximum Gasteiger partial charge on any atom is 0.255 e. The fourth-order valence-electron chi connectivity index (χ4n) is 4.28. The van der Waals surface area contributed by atoms with Gasteiger partial charge < -0.3 is 25.4 Å². The highest BCUT2D eigenvalue weighted by molar-refractivity contribution is 6.52. The fourth-order valence-corrected chi connectivity index (χ4v) is 4.28. The number of piperazine rings is 1. The predicted octanol–water partition coefficient (Wildman–Crippen LogP) is 4.13. The van der Waals surface area contributed by atoms with Crippen LogP contribution in [-0.4, -0.2) is 74.7 Å². The summed E-state index contributed by atoms with van der Waals surface area (Å²) in [5, 5.41) is 15.6. The zero-order valence-corrected chi connectivity index (χ0v) is 25.3. The second-order valence-corrected chi connectivity index (χ2v) is 11.1. The van der Waals surface area contributed by atoms with E-state index in [9.17, 15) is 14.7 Å². The van der Waals surface area contributed by atoms with Crippen LogP contribution in [0.5, 0.6) is 0 Å². The average Bonchev–Trinajstić information content (AvgIpc) is 3.01. The van der Waals surface area contributed by atoms with Crippen molar-refractivity contribution in [3.05, 3.63) is 95.9 Å². The minimum atomic E-state index is -1.46. The van der Waals surface area contributed by atoms with Crippen LogP contribution in [0.25, 0.3) is 11.3 Å². The van der Waals surface area contributed by atoms with Gasteiger partial charge in [-0.1, -0.05) is 41.4 Å². The number of nitrogens with one attached hydrogen (secondary N) is 2. The van der Waals surface area contributed by atoms with Crippen LogP contribution in [0.4, 0.5) is 17.3 Å². The Morgan fingerprint density at radius 3 is 2.37 bits per heavy atom. The second kappa shape index (κ2) is 15.4. The van der Waals surface area contributed by atoms with E-state index in [0.29, 0.717) is 17.2 Å². The van der Waals surface area contributed by atoms with Crippen LogP contribution in [-0.2, 0) is 11.3 Å². The number of rotatable bonds is 8. The van der Waals surface area contributed by atoms with E-state index in [1.807, 2.05) is 67.6 Å². The highest BCUT2D eigenvalue weighted by Crippen LogP contribution is 2.25. The van der Waals surface area contributed by atoms with Crippen molar-refractivity contribution < 1.29 is 14.7 Å². The number of amides is 1. The Morgan fingerprint density at radius 2 is 1.72 bits per heavy atom. The molecule has 2 aromatic heterocycles. The molecule has 12 heteroatoms. The van der Waals surface area contributed by atoms with Crippen molar-refractivity contribution in [3.8, 4) is 11.3 Å². The first-order chi connectivity index (χ1) is 20.7. The van der Waals surface area contributed by atoms with Crippen LogP contribution in [0.3, 0.4) is 0 Å². The Bertz CT molecular complexity index is 1510. The van der Waals surface area contributed by atoms with Crippen LogP contribution in [0.1, 0.15) is 21.5 Å². The summed E-state index contributed by atoms with van der Waals surface area (Å²) in [7, 11) is 2.16. The molecule has 1 aliphatic rings. The lowest BCUT2D eigenvalue weighted by Gasteiger charge is -2.32. The molecule has 5 rings (SSSR count). The van der Waals surface area contributed by atoms with Gasteiger partial charge in [-0.15, -0.1) is 0 Å². The monoisotopic (exact) mass is 620 g/mol. The molecule has 224 valence electrons. The number of hydrogen-bond donors (Lipinski definition) is 2. The van der Waals surface area contributed by atoms with Gasteiger partial charge in [0.05, 0.1) is 11.7 Å². The molecule has 2 aromatic carbocycles. The number of halogens is 2. The highest BCUT2D eigenvalue weighted by Gasteiger charge is 2.14. The summed E-state index contributed by atoms with van der Waals surface area (Å²) >= 11 is 9.43. The summed E-state index contributed by atoms with van der Waals surface area (Å²) < 4.78 is 0. The van der Waals surface area contributed by atoms with Crippen molar-refractivity contribution >= 4 is 52.4 Å². The molecule has 1 amide bonds. The highest BCUT2D eigenvalue weighted by atomic mass is 35.5. The molecule has 10 nitrogen and oxygen atoms in total. The van der Waals surface area contributed by atoms with Crippen molar-refractivity contribution in [3.63, 3.8) is 0 Å². The molecule has 0 radical (unpaired) electrons. The van der Waals surface area contributed by atoms with Crippen LogP contribution in [0.15, 0.2) is 79.3 Å². The maximum atomic E-state index is 12.9. The zero-order valence-electron chi connectivity index (χ0n) is 23.8. The van der Waals surface area contributed by atoms with Crippen molar-refractivity contribution in [1.29, 1.82) is 0 Å². The lowest BCUT2D eigenvalue weighted by Crippen LogP contribution is -2.43. The summed E-state index contributed by atoms with van der Waals surface area (Å²) in [6.07, 6.45) is 5.22. The molecule has 0 atom stereocenters. The number of nitrogens with zero attached hydrogens (tertiary/aromatic N) is 5. The third-order valence-corrected chi connectivity index (χ3v) is 7.11. The van der Waals surface area contributed by atoms with Crippen molar-refractivity contribution in [2.75, 3.05) is 43.9 Å². The number of hydrogen-bond acceptors (Lipinski definition) is 9. The van der Waals surface area contributed by atoms with E-state index >= 15 is 0 Å².